The molecular formula is C58H82O4PtSi5. The van der Waals surface area contributed by atoms with Crippen molar-refractivity contribution in [2.24, 2.45) is 0 Å². The van der Waals surface area contributed by atoms with Crippen LogP contribution in [0.2, 0.25) is 71.0 Å². The molecule has 0 saturated carbocycles. The molecule has 0 aliphatic heterocycles. The van der Waals surface area contributed by atoms with E-state index < -0.39 is 41.6 Å². The van der Waals surface area contributed by atoms with Crippen LogP contribution in [0.5, 0.6) is 0 Å². The van der Waals surface area contributed by atoms with Gasteiger partial charge >= 0.3 is 5.97 Å². The van der Waals surface area contributed by atoms with E-state index in [4.69, 9.17) is 13.6 Å². The molecule has 0 radical (unpaired) electrons. The fraction of sp³-hybridized carbons (Fsp3) is 0.293. The summed E-state index contributed by atoms with van der Waals surface area (Å²) < 4.78 is 16.6. The molecule has 4 nitrogen and oxygen atoms in total. The first-order valence-electron chi connectivity index (χ1n) is 23.5. The monoisotopic (exact) mass is 1180 g/mol. The van der Waals surface area contributed by atoms with Crippen LogP contribution >= 0.6 is 0 Å². The summed E-state index contributed by atoms with van der Waals surface area (Å²) in [7, 11) is -7.03. The zero-order chi connectivity index (χ0) is 48.3. The van der Waals surface area contributed by atoms with Crippen molar-refractivity contribution < 1.29 is 39.4 Å². The summed E-state index contributed by atoms with van der Waals surface area (Å²) >= 11 is 0. The van der Waals surface area contributed by atoms with E-state index in [0.717, 1.165) is 25.5 Å². The second-order valence-corrected chi connectivity index (χ2v) is 39.4. The van der Waals surface area contributed by atoms with E-state index in [2.05, 4.69) is 254 Å². The van der Waals surface area contributed by atoms with Gasteiger partial charge in [-0.1, -0.05) is 253 Å². The fourth-order valence-electron chi connectivity index (χ4n) is 7.58. The van der Waals surface area contributed by atoms with Gasteiger partial charge in [-0.25, -0.2) is 4.79 Å². The third kappa shape index (κ3) is 23.0. The SMILES string of the molecule is C.C=CC(=O)OCCC[Si](C)(c1ccccc1)c1ccccc1.C=CCO[Si](C)(C)C.C[SiH](c1ccccc1)c1ccccc1.C[Si](C)(C)OCCC[Si](C)(c1ccccc1)c1ccccc1.[Pt]. The first-order valence-corrected chi connectivity index (χ1v) is 38.1. The molecule has 0 aliphatic carbocycles. The van der Waals surface area contributed by atoms with Crippen LogP contribution in [0.25, 0.3) is 0 Å². The van der Waals surface area contributed by atoms with E-state index in [1.165, 1.54) is 43.2 Å². The number of ether oxygens (including phenoxy) is 1. The molecule has 0 spiro atoms. The Balaban J connectivity index is 0.000000474. The number of esters is 1. The molecule has 68 heavy (non-hydrogen) atoms. The van der Waals surface area contributed by atoms with Crippen molar-refractivity contribution in [1.29, 1.82) is 0 Å². The Morgan fingerprint density at radius 3 is 1.04 bits per heavy atom. The van der Waals surface area contributed by atoms with Gasteiger partial charge in [-0.15, -0.1) is 6.58 Å². The van der Waals surface area contributed by atoms with E-state index in [-0.39, 0.29) is 34.5 Å². The van der Waals surface area contributed by atoms with Gasteiger partial charge in [0.1, 0.15) is 16.1 Å². The Morgan fingerprint density at radius 1 is 0.485 bits per heavy atom. The van der Waals surface area contributed by atoms with Crippen LogP contribution in [0, 0.1) is 0 Å². The Labute approximate surface area is 433 Å². The first kappa shape index (κ1) is 62.0. The molecule has 0 bridgehead atoms. The van der Waals surface area contributed by atoms with E-state index in [9.17, 15) is 4.79 Å². The second-order valence-electron chi connectivity index (χ2n) is 18.9. The van der Waals surface area contributed by atoms with Crippen LogP contribution in [0.4, 0.5) is 0 Å². The third-order valence-corrected chi connectivity index (χ3v) is 25.5. The molecule has 0 heterocycles. The summed E-state index contributed by atoms with van der Waals surface area (Å²) in [6, 6.07) is 67.4. The minimum absolute atomic E-state index is 0. The van der Waals surface area contributed by atoms with Crippen molar-refractivity contribution >= 4 is 78.7 Å². The summed E-state index contributed by atoms with van der Waals surface area (Å²) in [5.74, 6) is -0.345. The summed E-state index contributed by atoms with van der Waals surface area (Å²) in [6.45, 7) is 29.6. The molecule has 10 heteroatoms. The summed E-state index contributed by atoms with van der Waals surface area (Å²) in [6.07, 6.45) is 5.02. The Kier molecular flexibility index (Phi) is 29.8. The van der Waals surface area contributed by atoms with Crippen LogP contribution in [0.3, 0.4) is 0 Å². The number of hydrogen-bond acceptors (Lipinski definition) is 4. The van der Waals surface area contributed by atoms with E-state index >= 15 is 0 Å². The van der Waals surface area contributed by atoms with E-state index in [1.54, 1.807) is 6.08 Å². The number of carbonyl (C=O) groups excluding carboxylic acids is 1. The standard InChI is InChI=1S/C19H22O2Si.C19H28OSi2.C13H14Si.C6H14OSi.CH4.Pt/c1-3-19(20)21-15-10-16-22(2,17-11-6-4-7-12-17)18-13-8-5-9-14-18;1-21(2,3)20-16-11-17-22(4,18-12-7-5-8-13-18)19-14-9-6-10-15-19;1-14(12-8-4-2-5-9-12)13-10-6-3-7-11-13;1-5-6-7-8(2,3)4;;/h3-9,11-14H,1,10,15-16H2,2H3;5-10,12-15H,11,16-17H2,1-4H3;2-11,14H,1H3;5H,1,6H2,2-4H3;1H4;. The van der Waals surface area contributed by atoms with Crippen molar-refractivity contribution in [2.75, 3.05) is 19.8 Å². The molecule has 6 aromatic carbocycles. The number of rotatable bonds is 19. The minimum atomic E-state index is -1.80. The van der Waals surface area contributed by atoms with Crippen LogP contribution in [0.1, 0.15) is 20.3 Å². The predicted octanol–water partition coefficient (Wildman–Crippen LogP) is 11.4. The fourth-order valence-corrected chi connectivity index (χ4v) is 18.2. The quantitative estimate of drug-likeness (QED) is 0.0267. The van der Waals surface area contributed by atoms with Gasteiger partial charge in [-0.2, -0.15) is 0 Å². The van der Waals surface area contributed by atoms with Gasteiger partial charge in [-0.3, -0.25) is 0 Å². The average molecular weight is 1180 g/mol. The van der Waals surface area contributed by atoms with E-state index in [1.807, 2.05) is 0 Å². The number of benzene rings is 6. The Bertz CT molecular complexity index is 2100. The smallest absolute Gasteiger partial charge is 0.330 e. The van der Waals surface area contributed by atoms with Gasteiger partial charge in [0.25, 0.3) is 0 Å². The molecule has 0 N–H and O–H groups in total. The van der Waals surface area contributed by atoms with Gasteiger partial charge in [-0.05, 0) is 64.2 Å². The normalized spacial score (nSPS) is 11.0. The molecule has 0 aliphatic rings. The van der Waals surface area contributed by atoms with Crippen molar-refractivity contribution in [3.05, 3.63) is 207 Å². The van der Waals surface area contributed by atoms with E-state index in [0.29, 0.717) is 13.2 Å². The molecule has 0 atom stereocenters. The van der Waals surface area contributed by atoms with Crippen LogP contribution in [-0.2, 0) is 39.4 Å². The maximum Gasteiger partial charge on any atom is 0.330 e. The Hall–Kier alpha value is -4.04. The first-order chi connectivity index (χ1) is 31.5. The van der Waals surface area contributed by atoms with Crippen molar-refractivity contribution in [2.45, 2.75) is 91.3 Å². The molecule has 0 unspecified atom stereocenters. The average Bonchev–Trinajstić information content (AvgIpc) is 3.35. The van der Waals surface area contributed by atoms with Gasteiger partial charge in [0, 0.05) is 33.7 Å². The molecular weight excluding hydrogens is 1100 g/mol. The Morgan fingerprint density at radius 2 is 0.779 bits per heavy atom. The molecule has 0 saturated heterocycles. The molecule has 6 rings (SSSR count). The largest absolute Gasteiger partial charge is 0.463 e. The van der Waals surface area contributed by atoms with Gasteiger partial charge in [0.2, 0.25) is 0 Å². The van der Waals surface area contributed by atoms with Gasteiger partial charge < -0.3 is 13.6 Å². The van der Waals surface area contributed by atoms with Crippen LogP contribution in [0.15, 0.2) is 207 Å². The van der Waals surface area contributed by atoms with Crippen LogP contribution < -0.4 is 31.1 Å². The van der Waals surface area contributed by atoms with Crippen LogP contribution in [-0.4, -0.2) is 67.4 Å². The zero-order valence-electron chi connectivity index (χ0n) is 41.9. The molecule has 6 aromatic rings. The third-order valence-electron chi connectivity index (χ3n) is 11.5. The summed E-state index contributed by atoms with van der Waals surface area (Å²) in [4.78, 5) is 11.1. The summed E-state index contributed by atoms with van der Waals surface area (Å²) in [5, 5.41) is 8.90. The summed E-state index contributed by atoms with van der Waals surface area (Å²) in [5.41, 5.74) is 0. The maximum absolute atomic E-state index is 11.1. The second kappa shape index (κ2) is 32.7. The zero-order valence-corrected chi connectivity index (χ0v) is 49.3. The van der Waals surface area contributed by atoms with Crippen molar-refractivity contribution in [3.63, 3.8) is 0 Å². The van der Waals surface area contributed by atoms with Crippen molar-refractivity contribution in [1.82, 2.24) is 0 Å². The predicted molar refractivity (Wildman–Crippen MR) is 308 cm³/mol. The van der Waals surface area contributed by atoms with Gasteiger partial charge in [0.05, 0.1) is 22.0 Å². The van der Waals surface area contributed by atoms with Gasteiger partial charge in [0.15, 0.2) is 16.6 Å². The number of hydrogen-bond donors (Lipinski definition) is 0. The molecule has 0 aromatic heterocycles. The minimum Gasteiger partial charge on any atom is -0.463 e. The van der Waals surface area contributed by atoms with Crippen molar-refractivity contribution in [3.8, 4) is 0 Å². The maximum atomic E-state index is 11.1. The molecule has 368 valence electrons. The number of carbonyl (C=O) groups is 1. The molecule has 0 amide bonds. The molecule has 0 fully saturated rings. The topological polar surface area (TPSA) is 44.8 Å².